The van der Waals surface area contributed by atoms with Gasteiger partial charge >= 0.3 is 0 Å². The first-order chi connectivity index (χ1) is 13.4. The number of hydrogen-bond acceptors (Lipinski definition) is 4. The van der Waals surface area contributed by atoms with Crippen molar-refractivity contribution in [1.29, 1.82) is 0 Å². The molecule has 0 amide bonds. The molecule has 0 aromatic heterocycles. The fourth-order valence-corrected chi connectivity index (χ4v) is 5.17. The van der Waals surface area contributed by atoms with Crippen LogP contribution in [0.15, 0.2) is 18.2 Å². The van der Waals surface area contributed by atoms with Gasteiger partial charge in [-0.25, -0.2) is 4.39 Å². The molecule has 1 aromatic carbocycles. The zero-order valence-corrected chi connectivity index (χ0v) is 16.9. The number of Topliss-reactive ketones (excluding diaryl/α,β-unsaturated/α-hetero) is 2. The molecule has 0 unspecified atom stereocenters. The van der Waals surface area contributed by atoms with Crippen LogP contribution < -0.4 is 0 Å². The molecule has 0 spiro atoms. The predicted molar refractivity (Wildman–Crippen MR) is 105 cm³/mol. The van der Waals surface area contributed by atoms with Crippen LogP contribution in [-0.2, 0) is 9.53 Å². The molecule has 3 fully saturated rings. The Hall–Kier alpha value is -1.59. The van der Waals surface area contributed by atoms with Crippen LogP contribution in [0.25, 0.3) is 0 Å². The molecule has 3 aliphatic rings. The fourth-order valence-electron chi connectivity index (χ4n) is 5.17. The third kappa shape index (κ3) is 3.67. The first-order valence-corrected chi connectivity index (χ1v) is 10.6. The van der Waals surface area contributed by atoms with Crippen molar-refractivity contribution in [2.45, 2.75) is 69.9 Å². The number of piperidine rings is 1. The molecule has 0 radical (unpaired) electrons. The van der Waals surface area contributed by atoms with Crippen molar-refractivity contribution in [1.82, 2.24) is 4.90 Å². The first kappa shape index (κ1) is 19.7. The Morgan fingerprint density at radius 1 is 1.11 bits per heavy atom. The van der Waals surface area contributed by atoms with Crippen LogP contribution >= 0.6 is 0 Å². The maximum atomic E-state index is 13.8. The number of ketones is 2. The van der Waals surface area contributed by atoms with Crippen molar-refractivity contribution in [2.24, 2.45) is 5.92 Å². The second-order valence-corrected chi connectivity index (χ2v) is 8.83. The lowest BCUT2D eigenvalue weighted by Gasteiger charge is -2.44. The number of rotatable bonds is 5. The SMILES string of the molecule is CC(=O)c1cc(C2CCN([C@@H]3CC[C@@](C(C)=O)(C4CC4)OC3)CC2)ccc1F. The van der Waals surface area contributed by atoms with E-state index in [2.05, 4.69) is 4.90 Å². The quantitative estimate of drug-likeness (QED) is 0.713. The summed E-state index contributed by atoms with van der Waals surface area (Å²) >= 11 is 0. The van der Waals surface area contributed by atoms with Crippen molar-refractivity contribution in [3.63, 3.8) is 0 Å². The van der Waals surface area contributed by atoms with E-state index in [1.54, 1.807) is 13.0 Å². The largest absolute Gasteiger partial charge is 0.365 e. The molecule has 0 bridgehead atoms. The molecule has 0 N–H and O–H groups in total. The molecule has 2 atom stereocenters. The summed E-state index contributed by atoms with van der Waals surface area (Å²) in [6.07, 6.45) is 6.11. The number of ether oxygens (including phenoxy) is 1. The third-order valence-corrected chi connectivity index (χ3v) is 7.10. The van der Waals surface area contributed by atoms with Crippen LogP contribution in [0.4, 0.5) is 4.39 Å². The number of carbonyl (C=O) groups excluding carboxylic acids is 2. The highest BCUT2D eigenvalue weighted by Gasteiger charge is 2.52. The highest BCUT2D eigenvalue weighted by molar-refractivity contribution is 5.94. The van der Waals surface area contributed by atoms with Crippen LogP contribution in [0.5, 0.6) is 0 Å². The van der Waals surface area contributed by atoms with Crippen molar-refractivity contribution < 1.29 is 18.7 Å². The molecule has 28 heavy (non-hydrogen) atoms. The Bertz CT molecular complexity index is 757. The lowest BCUT2D eigenvalue weighted by molar-refractivity contribution is -0.160. The molecule has 152 valence electrons. The Kier molecular flexibility index (Phi) is 5.41. The van der Waals surface area contributed by atoms with Gasteiger partial charge in [0.05, 0.1) is 12.2 Å². The maximum absolute atomic E-state index is 13.8. The Balaban J connectivity index is 1.34. The minimum Gasteiger partial charge on any atom is -0.365 e. The number of halogens is 1. The van der Waals surface area contributed by atoms with Crippen molar-refractivity contribution in [3.05, 3.63) is 35.1 Å². The average Bonchev–Trinajstić information content (AvgIpc) is 3.54. The molecule has 1 saturated carbocycles. The number of hydrogen-bond donors (Lipinski definition) is 0. The highest BCUT2D eigenvalue weighted by atomic mass is 19.1. The predicted octanol–water partition coefficient (Wildman–Crippen LogP) is 4.12. The molecule has 5 heteroatoms. The van der Waals surface area contributed by atoms with E-state index in [0.29, 0.717) is 24.5 Å². The number of nitrogens with zero attached hydrogens (tertiary/aromatic N) is 1. The number of likely N-dealkylation sites (tertiary alicyclic amines) is 1. The normalized spacial score (nSPS) is 29.6. The summed E-state index contributed by atoms with van der Waals surface area (Å²) in [6, 6.07) is 5.36. The monoisotopic (exact) mass is 387 g/mol. The standard InChI is InChI=1S/C23H30FNO3/c1-15(26)21-13-18(3-6-22(21)24)17-8-11-25(12-9-17)20-7-10-23(16(2)27,28-14-20)19-4-5-19/h3,6,13,17,19-20H,4-5,7-12,14H2,1-2H3/t20-,23-/m1/s1. The van der Waals surface area contributed by atoms with Gasteiger partial charge in [-0.3, -0.25) is 14.5 Å². The maximum Gasteiger partial charge on any atom is 0.162 e. The molecule has 1 aliphatic carbocycles. The van der Waals surface area contributed by atoms with E-state index >= 15 is 0 Å². The van der Waals surface area contributed by atoms with Gasteiger partial charge in [-0.1, -0.05) is 6.07 Å². The van der Waals surface area contributed by atoms with Gasteiger partial charge in [-0.05, 0) is 95.0 Å². The van der Waals surface area contributed by atoms with Crippen molar-refractivity contribution in [3.8, 4) is 0 Å². The van der Waals surface area contributed by atoms with Crippen molar-refractivity contribution >= 4 is 11.6 Å². The van der Waals surface area contributed by atoms with E-state index in [1.165, 1.54) is 13.0 Å². The molecule has 2 heterocycles. The van der Waals surface area contributed by atoms with Crippen LogP contribution in [0.2, 0.25) is 0 Å². The molecular weight excluding hydrogens is 357 g/mol. The molecule has 2 aliphatic heterocycles. The summed E-state index contributed by atoms with van der Waals surface area (Å²) in [5.41, 5.74) is 0.753. The van der Waals surface area contributed by atoms with E-state index in [0.717, 1.165) is 57.2 Å². The number of carbonyl (C=O) groups is 2. The van der Waals surface area contributed by atoms with E-state index in [4.69, 9.17) is 4.74 Å². The van der Waals surface area contributed by atoms with E-state index in [9.17, 15) is 14.0 Å². The minimum absolute atomic E-state index is 0.196. The zero-order valence-electron chi connectivity index (χ0n) is 16.9. The van der Waals surface area contributed by atoms with Gasteiger partial charge in [0.15, 0.2) is 11.6 Å². The average molecular weight is 387 g/mol. The Labute approximate surface area is 166 Å². The first-order valence-electron chi connectivity index (χ1n) is 10.6. The summed E-state index contributed by atoms with van der Waals surface area (Å²) in [5.74, 6) is 0.344. The van der Waals surface area contributed by atoms with Crippen molar-refractivity contribution in [2.75, 3.05) is 19.7 Å². The van der Waals surface area contributed by atoms with E-state index < -0.39 is 11.4 Å². The summed E-state index contributed by atoms with van der Waals surface area (Å²) in [7, 11) is 0. The van der Waals surface area contributed by atoms with Crippen LogP contribution in [0.1, 0.15) is 74.2 Å². The van der Waals surface area contributed by atoms with Gasteiger partial charge in [-0.2, -0.15) is 0 Å². The van der Waals surface area contributed by atoms with Gasteiger partial charge in [0, 0.05) is 6.04 Å². The summed E-state index contributed by atoms with van der Waals surface area (Å²) in [4.78, 5) is 26.3. The Morgan fingerprint density at radius 3 is 2.36 bits per heavy atom. The second kappa shape index (κ2) is 7.68. The topological polar surface area (TPSA) is 46.6 Å². The smallest absolute Gasteiger partial charge is 0.162 e. The minimum atomic E-state index is -0.508. The third-order valence-electron chi connectivity index (χ3n) is 7.10. The molecular formula is C23H30FNO3. The highest BCUT2D eigenvalue weighted by Crippen LogP contribution is 2.47. The number of benzene rings is 1. The lowest BCUT2D eigenvalue weighted by Crippen LogP contribution is -2.53. The summed E-state index contributed by atoms with van der Waals surface area (Å²) in [6.45, 7) is 5.69. The van der Waals surface area contributed by atoms with Crippen LogP contribution in [0.3, 0.4) is 0 Å². The van der Waals surface area contributed by atoms with Gasteiger partial charge in [0.2, 0.25) is 0 Å². The lowest BCUT2D eigenvalue weighted by atomic mass is 9.83. The van der Waals surface area contributed by atoms with Crippen LogP contribution in [0, 0.1) is 11.7 Å². The Morgan fingerprint density at radius 2 is 1.82 bits per heavy atom. The van der Waals surface area contributed by atoms with Crippen LogP contribution in [-0.4, -0.2) is 47.8 Å². The van der Waals surface area contributed by atoms with Gasteiger partial charge in [0.25, 0.3) is 0 Å². The van der Waals surface area contributed by atoms with Gasteiger partial charge in [0.1, 0.15) is 11.4 Å². The molecule has 1 aromatic rings. The summed E-state index contributed by atoms with van der Waals surface area (Å²) in [5, 5.41) is 0. The zero-order chi connectivity index (χ0) is 19.9. The molecule has 4 nitrogen and oxygen atoms in total. The van der Waals surface area contributed by atoms with E-state index in [1.807, 2.05) is 6.07 Å². The van der Waals surface area contributed by atoms with E-state index in [-0.39, 0.29) is 17.1 Å². The van der Waals surface area contributed by atoms with Gasteiger partial charge in [-0.15, -0.1) is 0 Å². The fraction of sp³-hybridized carbons (Fsp3) is 0.652. The molecule has 2 saturated heterocycles. The van der Waals surface area contributed by atoms with Gasteiger partial charge < -0.3 is 4.74 Å². The second-order valence-electron chi connectivity index (χ2n) is 8.83. The summed E-state index contributed by atoms with van der Waals surface area (Å²) < 4.78 is 20.0. The molecule has 4 rings (SSSR count).